The maximum Gasteiger partial charge on any atom is 0.354 e. The molecule has 0 fully saturated rings. The van der Waals surface area contributed by atoms with Crippen LogP contribution in [0.2, 0.25) is 0 Å². The van der Waals surface area contributed by atoms with Crippen molar-refractivity contribution in [3.8, 4) is 6.07 Å². The molecule has 0 aliphatic heterocycles. The van der Waals surface area contributed by atoms with Gasteiger partial charge in [0, 0.05) is 18.9 Å². The summed E-state index contributed by atoms with van der Waals surface area (Å²) in [5.74, 6) is -0.550. The maximum atomic E-state index is 10.7. The van der Waals surface area contributed by atoms with E-state index in [0.717, 1.165) is 11.1 Å². The van der Waals surface area contributed by atoms with Crippen molar-refractivity contribution < 1.29 is 9.90 Å². The molecule has 2 N–H and O–H groups in total. The van der Waals surface area contributed by atoms with E-state index in [1.807, 2.05) is 6.92 Å². The minimum Gasteiger partial charge on any atom is -0.477 e. The van der Waals surface area contributed by atoms with Gasteiger partial charge in [0.25, 0.3) is 0 Å². The molecule has 2 heterocycles. The van der Waals surface area contributed by atoms with Gasteiger partial charge in [0.1, 0.15) is 17.6 Å². The molecule has 6 nitrogen and oxygen atoms in total. The van der Waals surface area contributed by atoms with Gasteiger partial charge < -0.3 is 10.4 Å². The number of rotatable bonds is 4. The van der Waals surface area contributed by atoms with Crippen molar-refractivity contribution >= 4 is 11.8 Å². The largest absolute Gasteiger partial charge is 0.477 e. The van der Waals surface area contributed by atoms with Gasteiger partial charge in [0.2, 0.25) is 0 Å². The summed E-state index contributed by atoms with van der Waals surface area (Å²) in [6.07, 6.45) is 3.11. The van der Waals surface area contributed by atoms with Crippen molar-refractivity contribution in [3.05, 3.63) is 53.0 Å². The molecule has 0 unspecified atom stereocenters. The molecule has 0 saturated heterocycles. The van der Waals surface area contributed by atoms with Gasteiger partial charge in [-0.3, -0.25) is 0 Å². The molecule has 2 aromatic heterocycles. The predicted molar refractivity (Wildman–Crippen MR) is 72.2 cm³/mol. The number of nitriles is 1. The van der Waals surface area contributed by atoms with Crippen LogP contribution in [0.25, 0.3) is 0 Å². The lowest BCUT2D eigenvalue weighted by Gasteiger charge is -2.08. The van der Waals surface area contributed by atoms with Gasteiger partial charge in [-0.15, -0.1) is 0 Å². The topological polar surface area (TPSA) is 98.9 Å². The number of hydrogen-bond acceptors (Lipinski definition) is 5. The number of aryl methyl sites for hydroxylation is 1. The van der Waals surface area contributed by atoms with Crippen LogP contribution in [-0.4, -0.2) is 21.0 Å². The fourth-order valence-corrected chi connectivity index (χ4v) is 1.67. The number of carboxylic acid groups (broad SMARTS) is 1. The molecule has 20 heavy (non-hydrogen) atoms. The van der Waals surface area contributed by atoms with Crippen molar-refractivity contribution in [2.75, 3.05) is 5.32 Å². The van der Waals surface area contributed by atoms with Crippen molar-refractivity contribution in [2.24, 2.45) is 0 Å². The highest BCUT2D eigenvalue weighted by Crippen LogP contribution is 2.16. The van der Waals surface area contributed by atoms with Gasteiger partial charge in [-0.25, -0.2) is 14.8 Å². The van der Waals surface area contributed by atoms with Crippen LogP contribution in [0.3, 0.4) is 0 Å². The molecular weight excluding hydrogens is 256 g/mol. The second kappa shape index (κ2) is 5.80. The number of nitrogens with zero attached hydrogens (tertiary/aromatic N) is 3. The highest BCUT2D eigenvalue weighted by molar-refractivity contribution is 5.85. The van der Waals surface area contributed by atoms with Crippen LogP contribution < -0.4 is 5.32 Å². The summed E-state index contributed by atoms with van der Waals surface area (Å²) in [4.78, 5) is 18.6. The molecule has 0 bridgehead atoms. The molecule has 0 aliphatic carbocycles. The first-order chi connectivity index (χ1) is 9.61. The molecule has 100 valence electrons. The van der Waals surface area contributed by atoms with Crippen molar-refractivity contribution in [3.63, 3.8) is 0 Å². The fourth-order valence-electron chi connectivity index (χ4n) is 1.67. The van der Waals surface area contributed by atoms with E-state index in [-0.39, 0.29) is 5.69 Å². The van der Waals surface area contributed by atoms with Gasteiger partial charge in [-0.1, -0.05) is 6.07 Å². The number of aromatic carboxylic acids is 1. The summed E-state index contributed by atoms with van der Waals surface area (Å²) >= 11 is 0. The van der Waals surface area contributed by atoms with E-state index in [4.69, 9.17) is 10.4 Å². The second-order valence-electron chi connectivity index (χ2n) is 4.17. The molecule has 0 amide bonds. The Labute approximate surface area is 115 Å². The molecule has 2 rings (SSSR count). The molecule has 0 atom stereocenters. The standard InChI is InChI=1S/C14H12N4O2/c1-9-4-5-16-13(11(9)6-15)18-8-10-2-3-12(14(19)20)17-7-10/h2-5,7H,8H2,1H3,(H,16,18)(H,19,20). The first-order valence-electron chi connectivity index (χ1n) is 5.89. The van der Waals surface area contributed by atoms with Crippen LogP contribution in [0.5, 0.6) is 0 Å². The van der Waals surface area contributed by atoms with E-state index < -0.39 is 5.97 Å². The fraction of sp³-hybridized carbons (Fsp3) is 0.143. The number of aromatic nitrogens is 2. The first-order valence-corrected chi connectivity index (χ1v) is 5.89. The Morgan fingerprint density at radius 3 is 2.80 bits per heavy atom. The summed E-state index contributed by atoms with van der Waals surface area (Å²) in [7, 11) is 0. The van der Waals surface area contributed by atoms with Gasteiger partial charge in [0.05, 0.1) is 5.56 Å². The van der Waals surface area contributed by atoms with Gasteiger partial charge in [0.15, 0.2) is 0 Å². The summed E-state index contributed by atoms with van der Waals surface area (Å²) in [5, 5.41) is 20.9. The average molecular weight is 268 g/mol. The van der Waals surface area contributed by atoms with Crippen LogP contribution in [0, 0.1) is 18.3 Å². The lowest BCUT2D eigenvalue weighted by atomic mass is 10.1. The normalized spacial score (nSPS) is 9.80. The van der Waals surface area contributed by atoms with Crippen LogP contribution in [-0.2, 0) is 6.54 Å². The minimum absolute atomic E-state index is 0.000134. The molecular formula is C14H12N4O2. The smallest absolute Gasteiger partial charge is 0.354 e. The van der Waals surface area contributed by atoms with Gasteiger partial charge in [-0.2, -0.15) is 5.26 Å². The number of anilines is 1. The van der Waals surface area contributed by atoms with E-state index in [1.165, 1.54) is 12.3 Å². The summed E-state index contributed by atoms with van der Waals surface area (Å²) in [6.45, 7) is 2.26. The Bertz CT molecular complexity index is 675. The quantitative estimate of drug-likeness (QED) is 0.879. The van der Waals surface area contributed by atoms with Crippen molar-refractivity contribution in [2.45, 2.75) is 13.5 Å². The summed E-state index contributed by atoms with van der Waals surface area (Å²) in [6, 6.07) is 6.99. The second-order valence-corrected chi connectivity index (χ2v) is 4.17. The molecule has 0 saturated carbocycles. The van der Waals surface area contributed by atoms with Gasteiger partial charge >= 0.3 is 5.97 Å². The average Bonchev–Trinajstić information content (AvgIpc) is 2.45. The van der Waals surface area contributed by atoms with Crippen LogP contribution >= 0.6 is 0 Å². The Kier molecular flexibility index (Phi) is 3.91. The molecule has 2 aromatic rings. The van der Waals surface area contributed by atoms with Crippen molar-refractivity contribution in [1.29, 1.82) is 5.26 Å². The first kappa shape index (κ1) is 13.5. The van der Waals surface area contributed by atoms with E-state index >= 15 is 0 Å². The number of pyridine rings is 2. The third-order valence-electron chi connectivity index (χ3n) is 2.77. The predicted octanol–water partition coefficient (Wildman–Crippen LogP) is 1.97. The SMILES string of the molecule is Cc1ccnc(NCc2ccc(C(=O)O)nc2)c1C#N. The molecule has 0 aliphatic rings. The zero-order chi connectivity index (χ0) is 14.5. The number of carboxylic acids is 1. The highest BCUT2D eigenvalue weighted by atomic mass is 16.4. The molecule has 6 heteroatoms. The lowest BCUT2D eigenvalue weighted by molar-refractivity contribution is 0.0690. The summed E-state index contributed by atoms with van der Waals surface area (Å²) in [5.41, 5.74) is 2.16. The van der Waals surface area contributed by atoms with E-state index in [0.29, 0.717) is 17.9 Å². The number of carbonyl (C=O) groups is 1. The maximum absolute atomic E-state index is 10.7. The Hall–Kier alpha value is -2.94. The number of hydrogen-bond donors (Lipinski definition) is 2. The highest BCUT2D eigenvalue weighted by Gasteiger charge is 2.07. The molecule has 0 radical (unpaired) electrons. The zero-order valence-corrected chi connectivity index (χ0v) is 10.8. The van der Waals surface area contributed by atoms with Crippen LogP contribution in [0.15, 0.2) is 30.6 Å². The summed E-state index contributed by atoms with van der Waals surface area (Å²) < 4.78 is 0. The lowest BCUT2D eigenvalue weighted by Crippen LogP contribution is -2.06. The van der Waals surface area contributed by atoms with Crippen LogP contribution in [0.1, 0.15) is 27.2 Å². The Balaban J connectivity index is 2.11. The van der Waals surface area contributed by atoms with Gasteiger partial charge in [-0.05, 0) is 30.2 Å². The molecule has 0 aromatic carbocycles. The Morgan fingerprint density at radius 1 is 1.40 bits per heavy atom. The van der Waals surface area contributed by atoms with Crippen LogP contribution in [0.4, 0.5) is 5.82 Å². The van der Waals surface area contributed by atoms with E-state index in [2.05, 4.69) is 21.4 Å². The molecule has 0 spiro atoms. The van der Waals surface area contributed by atoms with Crippen molar-refractivity contribution in [1.82, 2.24) is 9.97 Å². The number of nitrogens with one attached hydrogen (secondary N) is 1. The van der Waals surface area contributed by atoms with E-state index in [9.17, 15) is 4.79 Å². The third-order valence-corrected chi connectivity index (χ3v) is 2.77. The monoisotopic (exact) mass is 268 g/mol. The third kappa shape index (κ3) is 2.90. The van der Waals surface area contributed by atoms with E-state index in [1.54, 1.807) is 18.3 Å². The zero-order valence-electron chi connectivity index (χ0n) is 10.8. The Morgan fingerprint density at radius 2 is 2.20 bits per heavy atom. The minimum atomic E-state index is -1.06.